The lowest BCUT2D eigenvalue weighted by Crippen LogP contribution is -2.60. The lowest BCUT2D eigenvalue weighted by molar-refractivity contribution is -0.302. The van der Waals surface area contributed by atoms with Gasteiger partial charge in [0.2, 0.25) is 5.91 Å². The summed E-state index contributed by atoms with van der Waals surface area (Å²) in [5.41, 5.74) is 0. The van der Waals surface area contributed by atoms with Crippen molar-refractivity contribution in [2.45, 2.75) is 314 Å². The van der Waals surface area contributed by atoms with Gasteiger partial charge >= 0.3 is 0 Å². The number of hydrogen-bond acceptors (Lipinski definition) is 8. The summed E-state index contributed by atoms with van der Waals surface area (Å²) in [6.07, 6.45) is 62.9. The van der Waals surface area contributed by atoms with Gasteiger partial charge in [-0.25, -0.2) is 0 Å². The van der Waals surface area contributed by atoms with Crippen LogP contribution in [0.15, 0.2) is 60.8 Å². The average Bonchev–Trinajstić information content (AvgIpc) is 3.37. The average molecular weight is 1000 g/mol. The summed E-state index contributed by atoms with van der Waals surface area (Å²) in [5, 5.41) is 54.5. The molecule has 414 valence electrons. The lowest BCUT2D eigenvalue weighted by Gasteiger charge is -2.40. The van der Waals surface area contributed by atoms with Crippen molar-refractivity contribution < 1.29 is 39.8 Å². The second-order valence-electron chi connectivity index (χ2n) is 20.8. The van der Waals surface area contributed by atoms with Gasteiger partial charge in [-0.15, -0.1) is 0 Å². The van der Waals surface area contributed by atoms with E-state index < -0.39 is 49.5 Å². The number of nitrogens with one attached hydrogen (secondary N) is 1. The number of aliphatic hydroxyl groups excluding tert-OH is 5. The highest BCUT2D eigenvalue weighted by Crippen LogP contribution is 2.23. The van der Waals surface area contributed by atoms with E-state index in [1.165, 1.54) is 199 Å². The van der Waals surface area contributed by atoms with Crippen LogP contribution in [0.3, 0.4) is 0 Å². The summed E-state index contributed by atoms with van der Waals surface area (Å²) in [4.78, 5) is 13.1. The minimum Gasteiger partial charge on any atom is -0.394 e. The molecule has 0 aromatic rings. The smallest absolute Gasteiger partial charge is 0.220 e. The van der Waals surface area contributed by atoms with Crippen LogP contribution in [0.5, 0.6) is 0 Å². The van der Waals surface area contributed by atoms with E-state index in [4.69, 9.17) is 9.47 Å². The Morgan fingerprint density at radius 1 is 0.479 bits per heavy atom. The molecule has 0 aliphatic carbocycles. The number of hydrogen-bond donors (Lipinski definition) is 6. The van der Waals surface area contributed by atoms with Gasteiger partial charge in [0.25, 0.3) is 0 Å². The van der Waals surface area contributed by atoms with Crippen LogP contribution in [0.25, 0.3) is 0 Å². The maximum Gasteiger partial charge on any atom is 0.220 e. The van der Waals surface area contributed by atoms with Crippen LogP contribution in [0.2, 0.25) is 0 Å². The van der Waals surface area contributed by atoms with Crippen molar-refractivity contribution in [2.24, 2.45) is 0 Å². The Hall–Kier alpha value is -2.11. The van der Waals surface area contributed by atoms with Crippen LogP contribution in [-0.4, -0.2) is 87.5 Å². The molecule has 1 amide bonds. The van der Waals surface area contributed by atoms with Gasteiger partial charge in [-0.2, -0.15) is 0 Å². The molecule has 1 saturated heterocycles. The van der Waals surface area contributed by atoms with Crippen molar-refractivity contribution in [2.75, 3.05) is 13.2 Å². The van der Waals surface area contributed by atoms with Crippen molar-refractivity contribution in [1.82, 2.24) is 5.32 Å². The quantitative estimate of drug-likeness (QED) is 0.0261. The van der Waals surface area contributed by atoms with Crippen LogP contribution >= 0.6 is 0 Å². The minimum absolute atomic E-state index is 0.190. The summed E-state index contributed by atoms with van der Waals surface area (Å²) in [6, 6.07) is -0.830. The van der Waals surface area contributed by atoms with Crippen LogP contribution in [-0.2, 0) is 14.3 Å². The Bertz CT molecular complexity index is 1300. The van der Waals surface area contributed by atoms with E-state index in [1.807, 2.05) is 6.08 Å². The first-order valence-electron chi connectivity index (χ1n) is 30.0. The van der Waals surface area contributed by atoms with E-state index >= 15 is 0 Å². The standard InChI is InChI=1S/C62H113NO8/c1-3-5-7-9-11-13-15-17-19-21-23-25-26-27-28-29-30-32-34-36-38-40-42-44-46-48-50-52-58(66)63-55(54-70-62-61(69)60(68)59(67)57(53-64)71-62)56(65)51-49-47-45-43-41-39-37-35-33-31-24-22-20-18-16-14-12-10-8-6-4-2/h15,17,21,23,33,35,41,43,49,51,55-57,59-62,64-65,67-69H,3-14,16,18-20,22,24-32,34,36-40,42,44-48,50,52-54H2,1-2H3,(H,63,66)/b17-15-,23-21-,35-33+,43-41+,51-49+. The molecule has 7 atom stereocenters. The Morgan fingerprint density at radius 2 is 0.845 bits per heavy atom. The molecule has 6 N–H and O–H groups in total. The predicted octanol–water partition coefficient (Wildman–Crippen LogP) is 15.1. The summed E-state index contributed by atoms with van der Waals surface area (Å²) in [6.45, 7) is 3.77. The predicted molar refractivity (Wildman–Crippen MR) is 299 cm³/mol. The molecule has 9 heteroatoms. The zero-order chi connectivity index (χ0) is 51.5. The lowest BCUT2D eigenvalue weighted by atomic mass is 9.99. The molecule has 0 aromatic heterocycles. The van der Waals surface area contributed by atoms with Gasteiger partial charge in [0, 0.05) is 6.42 Å². The van der Waals surface area contributed by atoms with Gasteiger partial charge < -0.3 is 40.3 Å². The molecular formula is C62H113NO8. The molecular weight excluding hydrogens is 887 g/mol. The number of amides is 1. The summed E-state index contributed by atoms with van der Waals surface area (Å²) in [7, 11) is 0. The fraction of sp³-hybridized carbons (Fsp3) is 0.823. The van der Waals surface area contributed by atoms with E-state index in [1.54, 1.807) is 6.08 Å². The molecule has 0 aromatic carbocycles. The third kappa shape index (κ3) is 40.9. The van der Waals surface area contributed by atoms with E-state index in [2.05, 4.69) is 67.8 Å². The summed E-state index contributed by atoms with van der Waals surface area (Å²) in [5.74, 6) is -0.190. The molecule has 0 spiro atoms. The summed E-state index contributed by atoms with van der Waals surface area (Å²) >= 11 is 0. The first-order chi connectivity index (χ1) is 34.8. The van der Waals surface area contributed by atoms with E-state index in [0.717, 1.165) is 51.4 Å². The van der Waals surface area contributed by atoms with Gasteiger partial charge in [0.15, 0.2) is 6.29 Å². The third-order valence-electron chi connectivity index (χ3n) is 14.0. The van der Waals surface area contributed by atoms with Gasteiger partial charge in [-0.05, 0) is 77.0 Å². The van der Waals surface area contributed by atoms with E-state index in [-0.39, 0.29) is 12.5 Å². The van der Waals surface area contributed by atoms with Crippen LogP contribution in [0, 0.1) is 0 Å². The van der Waals surface area contributed by atoms with Crippen molar-refractivity contribution >= 4 is 5.91 Å². The molecule has 0 radical (unpaired) electrons. The van der Waals surface area contributed by atoms with Crippen molar-refractivity contribution in [1.29, 1.82) is 0 Å². The molecule has 1 fully saturated rings. The van der Waals surface area contributed by atoms with Gasteiger partial charge in [0.1, 0.15) is 24.4 Å². The second-order valence-corrected chi connectivity index (χ2v) is 20.8. The number of allylic oxidation sites excluding steroid dienone is 9. The number of carbonyl (C=O) groups excluding carboxylic acids is 1. The number of ether oxygens (including phenoxy) is 2. The fourth-order valence-electron chi connectivity index (χ4n) is 9.28. The Balaban J connectivity index is 2.23. The van der Waals surface area contributed by atoms with Gasteiger partial charge in [-0.1, -0.05) is 248 Å². The first kappa shape index (κ1) is 66.9. The molecule has 1 aliphatic rings. The molecule has 71 heavy (non-hydrogen) atoms. The molecule has 1 aliphatic heterocycles. The van der Waals surface area contributed by atoms with E-state index in [9.17, 15) is 30.3 Å². The molecule has 0 bridgehead atoms. The molecule has 1 heterocycles. The second kappa shape index (κ2) is 51.4. The topological polar surface area (TPSA) is 149 Å². The Labute approximate surface area is 436 Å². The zero-order valence-electron chi connectivity index (χ0n) is 46.0. The molecule has 9 nitrogen and oxygen atoms in total. The highest BCUT2D eigenvalue weighted by molar-refractivity contribution is 5.76. The molecule has 0 saturated carbocycles. The third-order valence-corrected chi connectivity index (χ3v) is 14.0. The van der Waals surface area contributed by atoms with Crippen LogP contribution in [0.1, 0.15) is 271 Å². The SMILES string of the molecule is CCCCCCC/C=C\C/C=C\CCCCCCCCCCCCCCCCCC(=O)NC(COC1OC(CO)C(O)C(O)C1O)C(O)/C=C/CC/C=C/CC/C=C/CCCCCCCCCCCCC. The largest absolute Gasteiger partial charge is 0.394 e. The van der Waals surface area contributed by atoms with Crippen LogP contribution in [0.4, 0.5) is 0 Å². The number of aliphatic hydroxyl groups is 5. The maximum atomic E-state index is 13.1. The van der Waals surface area contributed by atoms with E-state index in [0.29, 0.717) is 6.42 Å². The van der Waals surface area contributed by atoms with Crippen molar-refractivity contribution in [3.8, 4) is 0 Å². The molecule has 7 unspecified atom stereocenters. The van der Waals surface area contributed by atoms with Crippen molar-refractivity contribution in [3.05, 3.63) is 60.8 Å². The van der Waals surface area contributed by atoms with Crippen molar-refractivity contribution in [3.63, 3.8) is 0 Å². The van der Waals surface area contributed by atoms with Gasteiger partial charge in [0.05, 0.1) is 25.4 Å². The summed E-state index contributed by atoms with van der Waals surface area (Å²) < 4.78 is 11.3. The highest BCUT2D eigenvalue weighted by Gasteiger charge is 2.44. The number of rotatable bonds is 51. The highest BCUT2D eigenvalue weighted by atomic mass is 16.7. The normalized spacial score (nSPS) is 19.7. The Kier molecular flexibility index (Phi) is 48.4. The monoisotopic (exact) mass is 1000 g/mol. The van der Waals surface area contributed by atoms with Crippen LogP contribution < -0.4 is 5.32 Å². The minimum atomic E-state index is -1.58. The maximum absolute atomic E-state index is 13.1. The fourth-order valence-corrected chi connectivity index (χ4v) is 9.28. The Morgan fingerprint density at radius 3 is 1.27 bits per heavy atom. The number of carbonyl (C=O) groups is 1. The molecule has 1 rings (SSSR count). The first-order valence-corrected chi connectivity index (χ1v) is 30.0. The zero-order valence-corrected chi connectivity index (χ0v) is 46.0. The number of unbranched alkanes of at least 4 members (excludes halogenated alkanes) is 33. The van der Waals surface area contributed by atoms with Gasteiger partial charge in [-0.3, -0.25) is 4.79 Å².